The smallest absolute Gasteiger partial charge is 0.410 e. The van der Waals surface area contributed by atoms with Gasteiger partial charge in [0.05, 0.1) is 0 Å². The van der Waals surface area contributed by atoms with Crippen molar-refractivity contribution in [2.45, 2.75) is 574 Å². The summed E-state index contributed by atoms with van der Waals surface area (Å²) in [5, 5.41) is 11.4. The Morgan fingerprint density at radius 3 is 0.960 bits per heavy atom. The molecular formula is C107H198N6O12. The molecule has 125 heavy (non-hydrogen) atoms. The van der Waals surface area contributed by atoms with Crippen molar-refractivity contribution in [2.24, 2.45) is 11.8 Å². The van der Waals surface area contributed by atoms with Gasteiger partial charge in [0, 0.05) is 50.3 Å². The Morgan fingerprint density at radius 2 is 0.632 bits per heavy atom. The van der Waals surface area contributed by atoms with Gasteiger partial charge < -0.3 is 59.5 Å². The van der Waals surface area contributed by atoms with E-state index in [1.54, 1.807) is 0 Å². The Balaban J connectivity index is 0.000000389. The lowest BCUT2D eigenvalue weighted by Crippen LogP contribution is -2.51. The van der Waals surface area contributed by atoms with E-state index in [0.29, 0.717) is 36.0 Å². The van der Waals surface area contributed by atoms with Crippen LogP contribution >= 0.6 is 0 Å². The van der Waals surface area contributed by atoms with E-state index >= 15 is 0 Å². The van der Waals surface area contributed by atoms with Crippen LogP contribution in [0, 0.1) is 11.8 Å². The summed E-state index contributed by atoms with van der Waals surface area (Å²) < 4.78 is 33.9. The van der Waals surface area contributed by atoms with E-state index in [0.717, 1.165) is 109 Å². The van der Waals surface area contributed by atoms with E-state index in [1.165, 1.54) is 327 Å². The molecule has 7 fully saturated rings. The monoisotopic (exact) mass is 1760 g/mol. The van der Waals surface area contributed by atoms with Crippen molar-refractivity contribution in [1.29, 1.82) is 0 Å². The van der Waals surface area contributed by atoms with Gasteiger partial charge in [-0.15, -0.1) is 0 Å². The van der Waals surface area contributed by atoms with Crippen LogP contribution in [0.3, 0.4) is 0 Å². The van der Waals surface area contributed by atoms with Crippen molar-refractivity contribution in [2.75, 3.05) is 26.2 Å². The van der Waals surface area contributed by atoms with Crippen molar-refractivity contribution >= 4 is 36.6 Å². The summed E-state index contributed by atoms with van der Waals surface area (Å²) in [5.74, 6) is 1.06. The molecule has 8 rings (SSSR count). The van der Waals surface area contributed by atoms with E-state index in [1.807, 2.05) is 78.8 Å². The number of hydrogen-bond donors (Lipinski definition) is 4. The Morgan fingerprint density at radius 1 is 0.344 bits per heavy atom. The summed E-state index contributed by atoms with van der Waals surface area (Å²) in [6.07, 6.45) is 76.2. The number of carbonyl (C=O) groups excluding carboxylic acids is 6. The standard InChI is InChI=1S/C21H37NO2.C21H31NO2.C19H37NO2.C17H33NO2.C15H31NO2.C14H29NO2/c1-21(2,17-11-9-10-12-17)24-20(23)22(18-13-5-3-6-14-18)19-15-7-4-8-16-19;1-17(18-11-5-2-6-12-18)24-21(23)22(19-13-7-3-8-14-19)20-15-9-4-10-16-20;1-4-5-6-7-8-9-13-16-20-18(21)22-19(2,3)17-14-11-10-12-15-17;1-3-5-6-7-8-9-12-15-18-16(19)20-17(4-2)13-10-11-14-17;1-5-7-8-9-10-11-12-13-16-14(17)18-15(3,4)6-2;1-5-6-7-8-9-10-11-12-15-13(16)17-14(2,3)4/h17-19H,3-16H2,1-2H3;2,5-6,11-12,17,19-20H,3-4,7-10,13-16H2,1H3;17H,4-16H2,1-3H3,(H,20,21);3-15H2,1-2H3,(H,18,19);5-13H2,1-4H3,(H,16,17);5-12H2,1-4H3,(H,15,16). The molecule has 1 atom stereocenters. The number of hydrogen-bond acceptors (Lipinski definition) is 12. The first kappa shape index (κ1) is 114. The minimum Gasteiger partial charge on any atom is -0.444 e. The van der Waals surface area contributed by atoms with Crippen LogP contribution in [0.5, 0.6) is 0 Å². The van der Waals surface area contributed by atoms with E-state index < -0.39 is 5.60 Å². The molecule has 0 aromatic heterocycles. The largest absolute Gasteiger partial charge is 0.444 e. The number of unbranched alkanes of at least 4 members (excludes halogenated alkanes) is 24. The molecule has 7 aliphatic carbocycles. The average Bonchev–Trinajstić information content (AvgIpc) is 1.55. The third-order valence-electron chi connectivity index (χ3n) is 27.8. The zero-order chi connectivity index (χ0) is 91.7. The number of nitrogens with zero attached hydrogens (tertiary/aromatic N) is 2. The van der Waals surface area contributed by atoms with E-state index in [9.17, 15) is 28.8 Å². The van der Waals surface area contributed by atoms with Gasteiger partial charge in [0.2, 0.25) is 0 Å². The predicted octanol–water partition coefficient (Wildman–Crippen LogP) is 31.8. The molecule has 7 saturated carbocycles. The number of benzene rings is 1. The molecule has 7 aliphatic rings. The topological polar surface area (TPSA) is 212 Å². The maximum absolute atomic E-state index is 13.2. The number of carbonyl (C=O) groups is 6. The van der Waals surface area contributed by atoms with Crippen molar-refractivity contribution in [1.82, 2.24) is 31.1 Å². The SMILES string of the molecule is CC(C)(OC(=O)N(C1CCCCC1)C1CCCCC1)C1CCCC1.CC(OC(=O)N(C1CCCCC1)C1CCCCC1)c1ccccc1.CCCCCCCCCNC(=O)OC(C)(C)C.CCCCCCCCCNC(=O)OC(C)(C)C1CCCCC1.CCCCCCCCCNC(=O)OC(C)(C)CC.CCCCCCCCCNC(=O)OC1(CC)CCCC1. The highest BCUT2D eigenvalue weighted by molar-refractivity contribution is 5.70. The summed E-state index contributed by atoms with van der Waals surface area (Å²) in [5.41, 5.74) is -0.489. The van der Waals surface area contributed by atoms with Gasteiger partial charge in [-0.25, -0.2) is 28.8 Å². The number of rotatable bonds is 46. The quantitative estimate of drug-likeness (QED) is 0.0355. The molecule has 18 nitrogen and oxygen atoms in total. The molecule has 728 valence electrons. The van der Waals surface area contributed by atoms with E-state index in [2.05, 4.69) is 93.4 Å². The molecule has 18 heteroatoms. The minimum absolute atomic E-state index is 0.00861. The molecule has 0 spiro atoms. The fraction of sp³-hybridized carbons (Fsp3) is 0.888. The maximum Gasteiger partial charge on any atom is 0.410 e. The molecule has 0 saturated heterocycles. The Hall–Kier alpha value is -5.16. The van der Waals surface area contributed by atoms with Gasteiger partial charge in [-0.1, -0.05) is 335 Å². The van der Waals surface area contributed by atoms with Crippen LogP contribution in [0.1, 0.15) is 527 Å². The van der Waals surface area contributed by atoms with Crippen molar-refractivity contribution in [3.63, 3.8) is 0 Å². The molecule has 0 aliphatic heterocycles. The van der Waals surface area contributed by atoms with Crippen LogP contribution in [0.15, 0.2) is 30.3 Å². The molecule has 1 aromatic carbocycles. The number of nitrogens with one attached hydrogen (secondary N) is 4. The van der Waals surface area contributed by atoms with Crippen molar-refractivity contribution in [3.8, 4) is 0 Å². The van der Waals surface area contributed by atoms with Gasteiger partial charge in [0.15, 0.2) is 0 Å². The fourth-order valence-electron chi connectivity index (χ4n) is 19.3. The molecule has 0 bridgehead atoms. The highest BCUT2D eigenvalue weighted by Crippen LogP contribution is 2.41. The minimum atomic E-state index is -0.399. The van der Waals surface area contributed by atoms with Crippen LogP contribution in [-0.4, -0.2) is 125 Å². The van der Waals surface area contributed by atoms with E-state index in [-0.39, 0.29) is 65.1 Å². The second kappa shape index (κ2) is 68.8. The molecule has 0 heterocycles. The van der Waals surface area contributed by atoms with Crippen molar-refractivity contribution < 1.29 is 57.2 Å². The second-order valence-corrected chi connectivity index (χ2v) is 41.0. The summed E-state index contributed by atoms with van der Waals surface area (Å²) in [6, 6.07) is 11.7. The summed E-state index contributed by atoms with van der Waals surface area (Å²) in [4.78, 5) is 77.1. The number of alkyl carbamates (subject to hydrolysis) is 4. The highest BCUT2D eigenvalue weighted by atomic mass is 16.6. The lowest BCUT2D eigenvalue weighted by molar-refractivity contribution is -0.0408. The van der Waals surface area contributed by atoms with Gasteiger partial charge in [-0.3, -0.25) is 0 Å². The van der Waals surface area contributed by atoms with Gasteiger partial charge in [0.1, 0.15) is 34.1 Å². The van der Waals surface area contributed by atoms with Crippen LogP contribution in [0.25, 0.3) is 0 Å². The van der Waals surface area contributed by atoms with Gasteiger partial charge in [0.25, 0.3) is 0 Å². The van der Waals surface area contributed by atoms with Crippen LogP contribution in [0.4, 0.5) is 28.8 Å². The third kappa shape index (κ3) is 53.7. The van der Waals surface area contributed by atoms with Crippen LogP contribution in [-0.2, 0) is 28.4 Å². The van der Waals surface area contributed by atoms with Crippen molar-refractivity contribution in [3.05, 3.63) is 35.9 Å². The molecule has 0 radical (unpaired) electrons. The zero-order valence-corrected chi connectivity index (χ0v) is 84.1. The second-order valence-electron chi connectivity index (χ2n) is 41.0. The zero-order valence-electron chi connectivity index (χ0n) is 84.1. The summed E-state index contributed by atoms with van der Waals surface area (Å²) >= 11 is 0. The lowest BCUT2D eigenvalue weighted by Gasteiger charge is -2.43. The first-order valence-corrected chi connectivity index (χ1v) is 53.0. The third-order valence-corrected chi connectivity index (χ3v) is 27.8. The first-order chi connectivity index (χ1) is 60.1. The maximum atomic E-state index is 13.2. The number of ether oxygens (including phenoxy) is 6. The van der Waals surface area contributed by atoms with Crippen LogP contribution < -0.4 is 21.3 Å². The molecule has 6 amide bonds. The van der Waals surface area contributed by atoms with Crippen LogP contribution in [0.2, 0.25) is 0 Å². The molecule has 1 unspecified atom stereocenters. The van der Waals surface area contributed by atoms with E-state index in [4.69, 9.17) is 28.4 Å². The normalized spacial score (nSPS) is 17.7. The Labute approximate surface area is 768 Å². The number of amides is 6. The summed E-state index contributed by atoms with van der Waals surface area (Å²) in [6.45, 7) is 35.9. The van der Waals surface area contributed by atoms with Gasteiger partial charge in [-0.05, 0) is 228 Å². The van der Waals surface area contributed by atoms with Gasteiger partial charge in [-0.2, -0.15) is 0 Å². The molecule has 4 N–H and O–H groups in total. The Kier molecular flexibility index (Phi) is 62.8. The predicted molar refractivity (Wildman–Crippen MR) is 521 cm³/mol. The summed E-state index contributed by atoms with van der Waals surface area (Å²) in [7, 11) is 0. The lowest BCUT2D eigenvalue weighted by atomic mass is 9.79. The molecule has 1 aromatic rings. The molecular weight excluding hydrogens is 1560 g/mol. The fourth-order valence-corrected chi connectivity index (χ4v) is 19.3. The highest BCUT2D eigenvalue weighted by Gasteiger charge is 2.42. The average molecular weight is 1760 g/mol. The van der Waals surface area contributed by atoms with Gasteiger partial charge >= 0.3 is 36.6 Å². The Bertz CT molecular complexity index is 2790. The first-order valence-electron chi connectivity index (χ1n) is 53.0.